The van der Waals surface area contributed by atoms with Crippen LogP contribution in [0, 0.1) is 0 Å². The van der Waals surface area contributed by atoms with Crippen LogP contribution in [0.25, 0.3) is 0 Å². The number of benzene rings is 1. The standard InChI is InChI=1S/C16H15N3O2/c20-15(18-14-7-3-4-9-17-14)8-10-19-11-12-5-1-2-6-13(12)16(19)21/h1-7,9H,8,10-11H2,(H,17,18,20). The largest absolute Gasteiger partial charge is 0.334 e. The first-order chi connectivity index (χ1) is 10.2. The molecule has 0 unspecified atom stereocenters. The van der Waals surface area contributed by atoms with Crippen LogP contribution in [0.2, 0.25) is 0 Å². The van der Waals surface area contributed by atoms with Crippen molar-refractivity contribution in [2.24, 2.45) is 0 Å². The topological polar surface area (TPSA) is 62.3 Å². The Morgan fingerprint density at radius 3 is 2.76 bits per heavy atom. The van der Waals surface area contributed by atoms with E-state index in [1.807, 2.05) is 30.3 Å². The van der Waals surface area contributed by atoms with Crippen molar-refractivity contribution in [2.75, 3.05) is 11.9 Å². The molecule has 0 saturated heterocycles. The smallest absolute Gasteiger partial charge is 0.254 e. The second-order valence-electron chi connectivity index (χ2n) is 4.90. The number of anilines is 1. The summed E-state index contributed by atoms with van der Waals surface area (Å²) in [6.07, 6.45) is 1.88. The van der Waals surface area contributed by atoms with Gasteiger partial charge in [-0.2, -0.15) is 0 Å². The van der Waals surface area contributed by atoms with Crippen molar-refractivity contribution in [1.29, 1.82) is 0 Å². The van der Waals surface area contributed by atoms with Gasteiger partial charge in [0.05, 0.1) is 0 Å². The normalized spacial score (nSPS) is 13.1. The minimum atomic E-state index is -0.141. The van der Waals surface area contributed by atoms with Gasteiger partial charge in [0.25, 0.3) is 5.91 Å². The summed E-state index contributed by atoms with van der Waals surface area (Å²) in [5.41, 5.74) is 1.76. The van der Waals surface area contributed by atoms with E-state index in [1.165, 1.54) is 0 Å². The third kappa shape index (κ3) is 2.91. The quantitative estimate of drug-likeness (QED) is 0.933. The number of aromatic nitrogens is 1. The summed E-state index contributed by atoms with van der Waals surface area (Å²) in [5.74, 6) is 0.382. The Morgan fingerprint density at radius 2 is 2.00 bits per heavy atom. The summed E-state index contributed by atoms with van der Waals surface area (Å²) in [7, 11) is 0. The number of nitrogens with zero attached hydrogens (tertiary/aromatic N) is 2. The molecule has 0 atom stereocenters. The van der Waals surface area contributed by atoms with Gasteiger partial charge in [-0.3, -0.25) is 9.59 Å². The Labute approximate surface area is 122 Å². The van der Waals surface area contributed by atoms with Crippen LogP contribution in [0.4, 0.5) is 5.82 Å². The van der Waals surface area contributed by atoms with Gasteiger partial charge in [0, 0.05) is 31.3 Å². The van der Waals surface area contributed by atoms with Crippen LogP contribution < -0.4 is 5.32 Å². The molecular weight excluding hydrogens is 266 g/mol. The molecule has 0 fully saturated rings. The van der Waals surface area contributed by atoms with Crippen LogP contribution in [-0.2, 0) is 11.3 Å². The number of hydrogen-bond donors (Lipinski definition) is 1. The van der Waals surface area contributed by atoms with Crippen molar-refractivity contribution >= 4 is 17.6 Å². The number of rotatable bonds is 4. The molecule has 106 valence electrons. The molecule has 1 aliphatic heterocycles. The highest BCUT2D eigenvalue weighted by molar-refractivity contribution is 5.98. The van der Waals surface area contributed by atoms with Crippen LogP contribution >= 0.6 is 0 Å². The highest BCUT2D eigenvalue weighted by Gasteiger charge is 2.26. The first-order valence-corrected chi connectivity index (χ1v) is 6.82. The number of carbonyl (C=O) groups is 2. The van der Waals surface area contributed by atoms with Gasteiger partial charge in [0.1, 0.15) is 5.82 Å². The van der Waals surface area contributed by atoms with E-state index in [0.717, 1.165) is 11.1 Å². The molecule has 2 amide bonds. The van der Waals surface area contributed by atoms with E-state index in [4.69, 9.17) is 0 Å². The zero-order valence-electron chi connectivity index (χ0n) is 11.5. The summed E-state index contributed by atoms with van der Waals surface area (Å²) >= 11 is 0. The van der Waals surface area contributed by atoms with Gasteiger partial charge < -0.3 is 10.2 Å². The van der Waals surface area contributed by atoms with E-state index in [2.05, 4.69) is 10.3 Å². The van der Waals surface area contributed by atoms with Gasteiger partial charge >= 0.3 is 0 Å². The molecule has 0 saturated carbocycles. The second-order valence-corrected chi connectivity index (χ2v) is 4.90. The predicted molar refractivity (Wildman–Crippen MR) is 78.7 cm³/mol. The average molecular weight is 281 g/mol. The first-order valence-electron chi connectivity index (χ1n) is 6.82. The lowest BCUT2D eigenvalue weighted by Gasteiger charge is -2.15. The van der Waals surface area contributed by atoms with Crippen molar-refractivity contribution < 1.29 is 9.59 Å². The maximum absolute atomic E-state index is 12.1. The highest BCUT2D eigenvalue weighted by atomic mass is 16.2. The van der Waals surface area contributed by atoms with E-state index in [9.17, 15) is 9.59 Å². The number of carbonyl (C=O) groups excluding carboxylic acids is 2. The maximum Gasteiger partial charge on any atom is 0.254 e. The number of amides is 2. The van der Waals surface area contributed by atoms with Gasteiger partial charge in [0.2, 0.25) is 5.91 Å². The molecule has 1 aromatic carbocycles. The fraction of sp³-hybridized carbons (Fsp3) is 0.188. The monoisotopic (exact) mass is 281 g/mol. The highest BCUT2D eigenvalue weighted by Crippen LogP contribution is 2.22. The predicted octanol–water partition coefficient (Wildman–Crippen LogP) is 2.07. The SMILES string of the molecule is O=C(CCN1Cc2ccccc2C1=O)Nc1ccccn1. The summed E-state index contributed by atoms with van der Waals surface area (Å²) < 4.78 is 0. The molecule has 21 heavy (non-hydrogen) atoms. The van der Waals surface area contributed by atoms with Crippen LogP contribution in [0.15, 0.2) is 48.7 Å². The fourth-order valence-corrected chi connectivity index (χ4v) is 2.37. The van der Waals surface area contributed by atoms with Crippen molar-refractivity contribution in [3.05, 3.63) is 59.8 Å². The van der Waals surface area contributed by atoms with E-state index in [0.29, 0.717) is 18.9 Å². The minimum absolute atomic E-state index is 0.00349. The molecule has 0 spiro atoms. The molecule has 5 heteroatoms. The Hall–Kier alpha value is -2.69. The van der Waals surface area contributed by atoms with Crippen LogP contribution in [0.3, 0.4) is 0 Å². The van der Waals surface area contributed by atoms with E-state index in [1.54, 1.807) is 23.2 Å². The van der Waals surface area contributed by atoms with Gasteiger partial charge in [-0.05, 0) is 23.8 Å². The summed E-state index contributed by atoms with van der Waals surface area (Å²) in [6, 6.07) is 12.9. The van der Waals surface area contributed by atoms with Gasteiger partial charge in [-0.25, -0.2) is 4.98 Å². The Balaban J connectivity index is 1.55. The lowest BCUT2D eigenvalue weighted by molar-refractivity contribution is -0.116. The number of fused-ring (bicyclic) bond motifs is 1. The van der Waals surface area contributed by atoms with Gasteiger partial charge in [-0.1, -0.05) is 24.3 Å². The van der Waals surface area contributed by atoms with Crippen LogP contribution in [-0.4, -0.2) is 28.2 Å². The van der Waals surface area contributed by atoms with Gasteiger partial charge in [-0.15, -0.1) is 0 Å². The van der Waals surface area contributed by atoms with Crippen LogP contribution in [0.1, 0.15) is 22.3 Å². The second kappa shape index (κ2) is 5.75. The minimum Gasteiger partial charge on any atom is -0.334 e. The first kappa shape index (κ1) is 13.3. The number of nitrogens with one attached hydrogen (secondary N) is 1. The molecule has 0 bridgehead atoms. The molecular formula is C16H15N3O2. The summed E-state index contributed by atoms with van der Waals surface area (Å²) in [4.78, 5) is 29.7. The van der Waals surface area contributed by atoms with Crippen molar-refractivity contribution in [3.63, 3.8) is 0 Å². The summed E-state index contributed by atoms with van der Waals surface area (Å²) in [5, 5.41) is 2.71. The fourth-order valence-electron chi connectivity index (χ4n) is 2.37. The molecule has 2 heterocycles. The third-order valence-corrected chi connectivity index (χ3v) is 3.44. The molecule has 0 aliphatic carbocycles. The summed E-state index contributed by atoms with van der Waals surface area (Å²) in [6.45, 7) is 0.984. The zero-order chi connectivity index (χ0) is 14.7. The molecule has 1 aliphatic rings. The number of hydrogen-bond acceptors (Lipinski definition) is 3. The van der Waals surface area contributed by atoms with Crippen molar-refractivity contribution in [3.8, 4) is 0 Å². The molecule has 1 aromatic heterocycles. The lowest BCUT2D eigenvalue weighted by atomic mass is 10.1. The van der Waals surface area contributed by atoms with E-state index in [-0.39, 0.29) is 18.2 Å². The number of pyridine rings is 1. The zero-order valence-corrected chi connectivity index (χ0v) is 11.5. The molecule has 2 aromatic rings. The van der Waals surface area contributed by atoms with Gasteiger partial charge in [0.15, 0.2) is 0 Å². The van der Waals surface area contributed by atoms with Crippen LogP contribution in [0.5, 0.6) is 0 Å². The van der Waals surface area contributed by atoms with Crippen molar-refractivity contribution in [2.45, 2.75) is 13.0 Å². The van der Waals surface area contributed by atoms with Crippen molar-refractivity contribution in [1.82, 2.24) is 9.88 Å². The van der Waals surface area contributed by atoms with E-state index < -0.39 is 0 Å². The van der Waals surface area contributed by atoms with E-state index >= 15 is 0 Å². The molecule has 5 nitrogen and oxygen atoms in total. The Bertz CT molecular complexity index is 670. The lowest BCUT2D eigenvalue weighted by Crippen LogP contribution is -2.28. The molecule has 0 radical (unpaired) electrons. The Kier molecular flexibility index (Phi) is 3.64. The molecule has 1 N–H and O–H groups in total. The third-order valence-electron chi connectivity index (χ3n) is 3.44. The maximum atomic E-state index is 12.1. The average Bonchev–Trinajstić information content (AvgIpc) is 2.83. The Morgan fingerprint density at radius 1 is 1.19 bits per heavy atom. The molecule has 3 rings (SSSR count).